The average Bonchev–Trinajstić information content (AvgIpc) is 2.46. The summed E-state index contributed by atoms with van der Waals surface area (Å²) in [6.07, 6.45) is 0. The summed E-state index contributed by atoms with van der Waals surface area (Å²) in [4.78, 5) is 28.3. The molecule has 0 aromatic heterocycles. The molecular formula is C16H23N3O2. The fourth-order valence-electron chi connectivity index (χ4n) is 2.50. The van der Waals surface area contributed by atoms with Crippen molar-refractivity contribution in [3.63, 3.8) is 0 Å². The van der Waals surface area contributed by atoms with E-state index in [-0.39, 0.29) is 18.0 Å². The molecule has 1 N–H and O–H groups in total. The maximum absolute atomic E-state index is 12.7. The highest BCUT2D eigenvalue weighted by Gasteiger charge is 2.36. The lowest BCUT2D eigenvalue weighted by Crippen LogP contribution is -2.56. The Kier molecular flexibility index (Phi) is 4.50. The molecule has 0 radical (unpaired) electrons. The molecule has 1 atom stereocenters. The zero-order valence-corrected chi connectivity index (χ0v) is 13.1. The minimum Gasteiger partial charge on any atom is -0.352 e. The molecule has 1 heterocycles. The molecule has 1 aromatic carbocycles. The van der Waals surface area contributed by atoms with Gasteiger partial charge in [0.05, 0.1) is 0 Å². The molecule has 1 fully saturated rings. The Morgan fingerprint density at radius 2 is 2.05 bits per heavy atom. The molecule has 21 heavy (non-hydrogen) atoms. The summed E-state index contributed by atoms with van der Waals surface area (Å²) in [5.74, 6) is -0.110. The quantitative estimate of drug-likeness (QED) is 0.904. The molecule has 5 nitrogen and oxygen atoms in total. The van der Waals surface area contributed by atoms with Crippen molar-refractivity contribution in [2.24, 2.45) is 0 Å². The van der Waals surface area contributed by atoms with Crippen LogP contribution in [0.3, 0.4) is 0 Å². The monoisotopic (exact) mass is 289 g/mol. The van der Waals surface area contributed by atoms with Gasteiger partial charge in [0.1, 0.15) is 6.04 Å². The van der Waals surface area contributed by atoms with Crippen LogP contribution in [0.15, 0.2) is 24.3 Å². The lowest BCUT2D eigenvalue weighted by atomic mass is 9.98. The van der Waals surface area contributed by atoms with E-state index in [1.54, 1.807) is 16.8 Å². The van der Waals surface area contributed by atoms with Gasteiger partial charge < -0.3 is 15.1 Å². The van der Waals surface area contributed by atoms with Gasteiger partial charge in [-0.25, -0.2) is 4.79 Å². The average molecular weight is 289 g/mol. The Bertz CT molecular complexity index is 542. The molecule has 1 aromatic rings. The number of urea groups is 1. The SMILES string of the molecule is Cc1ccccc1[C@H]1C(=O)NCCN1C(=O)N(C)C(C)C. The molecule has 2 rings (SSSR count). The maximum Gasteiger partial charge on any atom is 0.320 e. The predicted molar refractivity (Wildman–Crippen MR) is 81.9 cm³/mol. The Balaban J connectivity index is 2.36. The van der Waals surface area contributed by atoms with Gasteiger partial charge in [-0.2, -0.15) is 0 Å². The molecule has 114 valence electrons. The smallest absolute Gasteiger partial charge is 0.320 e. The van der Waals surface area contributed by atoms with Crippen LogP contribution in [0.25, 0.3) is 0 Å². The number of amides is 3. The van der Waals surface area contributed by atoms with Crippen molar-refractivity contribution in [1.82, 2.24) is 15.1 Å². The molecule has 0 spiro atoms. The van der Waals surface area contributed by atoms with Crippen LogP contribution in [0.4, 0.5) is 4.79 Å². The van der Waals surface area contributed by atoms with Gasteiger partial charge in [-0.15, -0.1) is 0 Å². The summed E-state index contributed by atoms with van der Waals surface area (Å²) in [5.41, 5.74) is 1.91. The summed E-state index contributed by atoms with van der Waals surface area (Å²) in [7, 11) is 1.77. The van der Waals surface area contributed by atoms with Crippen molar-refractivity contribution < 1.29 is 9.59 Å². The zero-order valence-electron chi connectivity index (χ0n) is 13.1. The molecule has 0 saturated carbocycles. The van der Waals surface area contributed by atoms with Gasteiger partial charge in [-0.3, -0.25) is 4.79 Å². The maximum atomic E-state index is 12.7. The molecule has 0 aliphatic carbocycles. The van der Waals surface area contributed by atoms with E-state index in [0.717, 1.165) is 11.1 Å². The van der Waals surface area contributed by atoms with Crippen molar-refractivity contribution in [2.45, 2.75) is 32.9 Å². The molecule has 3 amide bonds. The summed E-state index contributed by atoms with van der Waals surface area (Å²) >= 11 is 0. The van der Waals surface area contributed by atoms with E-state index in [9.17, 15) is 9.59 Å². The van der Waals surface area contributed by atoms with Crippen molar-refractivity contribution in [2.75, 3.05) is 20.1 Å². The first-order chi connectivity index (χ1) is 9.93. The highest BCUT2D eigenvalue weighted by molar-refractivity contribution is 5.89. The summed E-state index contributed by atoms with van der Waals surface area (Å²) in [6, 6.07) is 7.17. The molecular weight excluding hydrogens is 266 g/mol. The van der Waals surface area contributed by atoms with Crippen molar-refractivity contribution in [3.05, 3.63) is 35.4 Å². The van der Waals surface area contributed by atoms with E-state index in [1.807, 2.05) is 45.0 Å². The number of hydrogen-bond donors (Lipinski definition) is 1. The molecule has 1 aliphatic heterocycles. The minimum atomic E-state index is -0.548. The van der Waals surface area contributed by atoms with Gasteiger partial charge >= 0.3 is 6.03 Å². The zero-order chi connectivity index (χ0) is 15.6. The van der Waals surface area contributed by atoms with Crippen LogP contribution in [0.2, 0.25) is 0 Å². The van der Waals surface area contributed by atoms with E-state index >= 15 is 0 Å². The number of hydrogen-bond acceptors (Lipinski definition) is 2. The van der Waals surface area contributed by atoms with Gasteiger partial charge in [0.2, 0.25) is 5.91 Å². The number of carbonyl (C=O) groups excluding carboxylic acids is 2. The third-order valence-electron chi connectivity index (χ3n) is 4.02. The van der Waals surface area contributed by atoms with E-state index < -0.39 is 6.04 Å². The van der Waals surface area contributed by atoms with Crippen LogP contribution in [0.1, 0.15) is 31.0 Å². The Morgan fingerprint density at radius 1 is 1.38 bits per heavy atom. The Labute approximate surface area is 125 Å². The van der Waals surface area contributed by atoms with Crippen LogP contribution in [0, 0.1) is 6.92 Å². The number of benzene rings is 1. The van der Waals surface area contributed by atoms with E-state index in [4.69, 9.17) is 0 Å². The second-order valence-corrected chi connectivity index (χ2v) is 5.73. The molecule has 5 heteroatoms. The van der Waals surface area contributed by atoms with Crippen molar-refractivity contribution in [1.29, 1.82) is 0 Å². The molecule has 1 aliphatic rings. The number of aryl methyl sites for hydroxylation is 1. The lowest BCUT2D eigenvalue weighted by Gasteiger charge is -2.39. The van der Waals surface area contributed by atoms with Gasteiger partial charge in [-0.1, -0.05) is 24.3 Å². The Hall–Kier alpha value is -2.04. The van der Waals surface area contributed by atoms with Crippen LogP contribution in [0.5, 0.6) is 0 Å². The van der Waals surface area contributed by atoms with Crippen molar-refractivity contribution >= 4 is 11.9 Å². The summed E-state index contributed by atoms with van der Waals surface area (Å²) < 4.78 is 0. The van der Waals surface area contributed by atoms with Gasteiger partial charge in [0, 0.05) is 26.2 Å². The van der Waals surface area contributed by atoms with Gasteiger partial charge in [0.15, 0.2) is 0 Å². The van der Waals surface area contributed by atoms with Gasteiger partial charge in [-0.05, 0) is 31.9 Å². The third-order valence-corrected chi connectivity index (χ3v) is 4.02. The summed E-state index contributed by atoms with van der Waals surface area (Å²) in [6.45, 7) is 6.92. The van der Waals surface area contributed by atoms with Crippen LogP contribution < -0.4 is 5.32 Å². The lowest BCUT2D eigenvalue weighted by molar-refractivity contribution is -0.128. The number of nitrogens with one attached hydrogen (secondary N) is 1. The largest absolute Gasteiger partial charge is 0.352 e. The number of rotatable bonds is 2. The highest BCUT2D eigenvalue weighted by atomic mass is 16.2. The highest BCUT2D eigenvalue weighted by Crippen LogP contribution is 2.27. The first-order valence-electron chi connectivity index (χ1n) is 7.30. The molecule has 0 bridgehead atoms. The van der Waals surface area contributed by atoms with E-state index in [1.165, 1.54) is 0 Å². The van der Waals surface area contributed by atoms with Gasteiger partial charge in [0.25, 0.3) is 0 Å². The normalized spacial score (nSPS) is 18.6. The molecule has 1 saturated heterocycles. The second kappa shape index (κ2) is 6.16. The van der Waals surface area contributed by atoms with E-state index in [2.05, 4.69) is 5.32 Å². The first kappa shape index (κ1) is 15.4. The fraction of sp³-hybridized carbons (Fsp3) is 0.500. The molecule has 0 unspecified atom stereocenters. The van der Waals surface area contributed by atoms with Crippen LogP contribution in [-0.4, -0.2) is 47.9 Å². The number of piperazine rings is 1. The first-order valence-corrected chi connectivity index (χ1v) is 7.30. The predicted octanol–water partition coefficient (Wildman–Crippen LogP) is 1.93. The third kappa shape index (κ3) is 3.01. The van der Waals surface area contributed by atoms with Crippen LogP contribution in [-0.2, 0) is 4.79 Å². The Morgan fingerprint density at radius 3 is 2.67 bits per heavy atom. The standard InChI is InChI=1S/C16H23N3O2/c1-11(2)18(4)16(21)19-10-9-17-15(20)14(19)13-8-6-5-7-12(13)3/h5-8,11,14H,9-10H2,1-4H3,(H,17,20)/t14-/m0/s1. The fourth-order valence-corrected chi connectivity index (χ4v) is 2.50. The summed E-state index contributed by atoms with van der Waals surface area (Å²) in [5, 5.41) is 2.86. The topological polar surface area (TPSA) is 52.7 Å². The van der Waals surface area contributed by atoms with Crippen LogP contribution >= 0.6 is 0 Å². The minimum absolute atomic E-state index is 0.0972. The second-order valence-electron chi connectivity index (χ2n) is 5.73. The van der Waals surface area contributed by atoms with E-state index in [0.29, 0.717) is 13.1 Å². The van der Waals surface area contributed by atoms with Crippen molar-refractivity contribution in [3.8, 4) is 0 Å². The number of nitrogens with zero attached hydrogens (tertiary/aromatic N) is 2. The number of carbonyl (C=O) groups is 2.